The first-order valence-electron chi connectivity index (χ1n) is 9.88. The first kappa shape index (κ1) is 21.2. The summed E-state index contributed by atoms with van der Waals surface area (Å²) in [6.07, 6.45) is 0. The van der Waals surface area contributed by atoms with Crippen LogP contribution in [0.4, 0.5) is 9.52 Å². The summed E-state index contributed by atoms with van der Waals surface area (Å²) in [5, 5.41) is 0.724. The number of ether oxygens (including phenoxy) is 1. The van der Waals surface area contributed by atoms with Crippen LogP contribution in [0.2, 0.25) is 5.02 Å². The van der Waals surface area contributed by atoms with Gasteiger partial charge in [0.25, 0.3) is 5.91 Å². The minimum Gasteiger partial charge on any atom is -0.379 e. The number of carbonyl (C=O) groups excluding carboxylic acids is 1. The summed E-state index contributed by atoms with van der Waals surface area (Å²) >= 11 is 7.68. The highest BCUT2D eigenvalue weighted by molar-refractivity contribution is 7.22. The molecule has 0 radical (unpaired) electrons. The van der Waals surface area contributed by atoms with Crippen LogP contribution in [0.15, 0.2) is 30.3 Å². The van der Waals surface area contributed by atoms with E-state index >= 15 is 0 Å². The number of halogens is 2. The second-order valence-corrected chi connectivity index (χ2v) is 8.80. The maximum Gasteiger partial charge on any atom is 0.261 e. The molecule has 1 aromatic heterocycles. The Kier molecular flexibility index (Phi) is 6.34. The molecule has 0 aliphatic carbocycles. The fourth-order valence-electron chi connectivity index (χ4n) is 3.49. The lowest BCUT2D eigenvalue weighted by molar-refractivity contribution is 0.0391. The second-order valence-electron chi connectivity index (χ2n) is 7.39. The molecule has 1 fully saturated rings. The van der Waals surface area contributed by atoms with Crippen molar-refractivity contribution in [1.29, 1.82) is 0 Å². The molecule has 0 N–H and O–H groups in total. The van der Waals surface area contributed by atoms with Gasteiger partial charge in [-0.25, -0.2) is 9.37 Å². The molecule has 1 aliphatic rings. The monoisotopic (exact) mass is 447 g/mol. The Hall–Kier alpha value is -2.06. The third-order valence-corrected chi connectivity index (χ3v) is 6.81. The molecule has 4 rings (SSSR count). The van der Waals surface area contributed by atoms with Crippen molar-refractivity contribution < 1.29 is 13.9 Å². The van der Waals surface area contributed by atoms with Gasteiger partial charge in [0.2, 0.25) is 0 Å². The van der Waals surface area contributed by atoms with E-state index in [-0.39, 0.29) is 16.5 Å². The van der Waals surface area contributed by atoms with E-state index in [4.69, 9.17) is 21.3 Å². The third kappa shape index (κ3) is 4.34. The van der Waals surface area contributed by atoms with Crippen molar-refractivity contribution in [1.82, 2.24) is 9.88 Å². The number of amides is 1. The molecule has 1 amide bonds. The van der Waals surface area contributed by atoms with Crippen LogP contribution in [0.3, 0.4) is 0 Å². The second kappa shape index (κ2) is 8.98. The first-order valence-corrected chi connectivity index (χ1v) is 11.1. The summed E-state index contributed by atoms with van der Waals surface area (Å²) in [5.41, 5.74) is 3.44. The van der Waals surface area contributed by atoms with Gasteiger partial charge in [-0.1, -0.05) is 29.0 Å². The number of carbonyl (C=O) groups is 1. The zero-order valence-corrected chi connectivity index (χ0v) is 18.5. The summed E-state index contributed by atoms with van der Waals surface area (Å²) in [5.74, 6) is -0.746. The van der Waals surface area contributed by atoms with Crippen LogP contribution in [0, 0.1) is 19.7 Å². The van der Waals surface area contributed by atoms with Gasteiger partial charge in [0.05, 0.1) is 34.0 Å². The molecule has 2 heterocycles. The standard InChI is InChI=1S/C22H23ClFN3O2S/c1-14-3-6-19-20(15(14)2)25-22(30-19)27(8-7-26-9-11-29-12-10-26)21(28)17-5-4-16(24)13-18(17)23/h3-6,13H,7-12H2,1-2H3. The number of hydrogen-bond donors (Lipinski definition) is 0. The molecule has 5 nitrogen and oxygen atoms in total. The summed E-state index contributed by atoms with van der Waals surface area (Å²) < 4.78 is 20.0. The molecule has 3 aromatic rings. The van der Waals surface area contributed by atoms with Gasteiger partial charge in [-0.3, -0.25) is 14.6 Å². The van der Waals surface area contributed by atoms with Gasteiger partial charge < -0.3 is 4.74 Å². The highest BCUT2D eigenvalue weighted by Gasteiger charge is 2.25. The van der Waals surface area contributed by atoms with Crippen molar-refractivity contribution in [2.24, 2.45) is 0 Å². The average molecular weight is 448 g/mol. The molecule has 158 valence electrons. The zero-order chi connectivity index (χ0) is 21.3. The van der Waals surface area contributed by atoms with Gasteiger partial charge in [-0.05, 0) is 49.2 Å². The third-order valence-electron chi connectivity index (χ3n) is 5.45. The normalized spacial score (nSPS) is 14.9. The average Bonchev–Trinajstić information content (AvgIpc) is 3.16. The lowest BCUT2D eigenvalue weighted by atomic mass is 10.1. The quantitative estimate of drug-likeness (QED) is 0.569. The van der Waals surface area contributed by atoms with Crippen LogP contribution in [0.25, 0.3) is 10.2 Å². The van der Waals surface area contributed by atoms with Crippen molar-refractivity contribution in [3.8, 4) is 0 Å². The van der Waals surface area contributed by atoms with Crippen molar-refractivity contribution in [3.05, 3.63) is 57.9 Å². The Morgan fingerprint density at radius 1 is 1.27 bits per heavy atom. The maximum absolute atomic E-state index is 13.5. The highest BCUT2D eigenvalue weighted by atomic mass is 35.5. The summed E-state index contributed by atoms with van der Waals surface area (Å²) in [6, 6.07) is 7.96. The van der Waals surface area contributed by atoms with Crippen molar-refractivity contribution in [2.45, 2.75) is 13.8 Å². The molecule has 0 spiro atoms. The minimum absolute atomic E-state index is 0.101. The molecule has 2 aromatic carbocycles. The molecule has 30 heavy (non-hydrogen) atoms. The maximum atomic E-state index is 13.5. The number of rotatable bonds is 5. The molecular formula is C22H23ClFN3O2S. The van der Waals surface area contributed by atoms with E-state index in [0.29, 0.717) is 31.4 Å². The Labute approximate surface area is 184 Å². The van der Waals surface area contributed by atoms with Gasteiger partial charge in [0, 0.05) is 26.2 Å². The predicted octanol–water partition coefficient (Wildman–Crippen LogP) is 4.68. The Balaban J connectivity index is 1.69. The number of aromatic nitrogens is 1. The minimum atomic E-state index is -0.470. The molecule has 0 saturated carbocycles. The van der Waals surface area contributed by atoms with Crippen molar-refractivity contribution in [3.63, 3.8) is 0 Å². The van der Waals surface area contributed by atoms with Gasteiger partial charge in [-0.15, -0.1) is 0 Å². The van der Waals surface area contributed by atoms with Crippen molar-refractivity contribution in [2.75, 3.05) is 44.3 Å². The van der Waals surface area contributed by atoms with Crippen LogP contribution < -0.4 is 4.90 Å². The Morgan fingerprint density at radius 2 is 2.03 bits per heavy atom. The SMILES string of the molecule is Cc1ccc2sc(N(CCN3CCOCC3)C(=O)c3ccc(F)cc3Cl)nc2c1C. The summed E-state index contributed by atoms with van der Waals surface area (Å²) in [4.78, 5) is 22.1. The van der Waals surface area contributed by atoms with E-state index in [0.717, 1.165) is 34.4 Å². The number of benzene rings is 2. The van der Waals surface area contributed by atoms with Crippen LogP contribution in [-0.2, 0) is 4.74 Å². The molecule has 1 saturated heterocycles. The van der Waals surface area contributed by atoms with Crippen LogP contribution in [-0.4, -0.2) is 55.2 Å². The number of thiazole rings is 1. The first-order chi connectivity index (χ1) is 14.4. The topological polar surface area (TPSA) is 45.7 Å². The van der Waals surface area contributed by atoms with E-state index < -0.39 is 5.82 Å². The van der Waals surface area contributed by atoms with E-state index in [9.17, 15) is 9.18 Å². The molecule has 1 aliphatic heterocycles. The number of fused-ring (bicyclic) bond motifs is 1. The van der Waals surface area contributed by atoms with Crippen LogP contribution in [0.5, 0.6) is 0 Å². The van der Waals surface area contributed by atoms with E-state index in [2.05, 4.69) is 11.0 Å². The highest BCUT2D eigenvalue weighted by Crippen LogP contribution is 2.33. The molecule has 0 unspecified atom stereocenters. The summed E-state index contributed by atoms with van der Waals surface area (Å²) in [7, 11) is 0. The fourth-order valence-corrected chi connectivity index (χ4v) is 4.79. The van der Waals surface area contributed by atoms with Crippen molar-refractivity contribution >= 4 is 44.2 Å². The number of nitrogens with zero attached hydrogens (tertiary/aromatic N) is 3. The summed E-state index contributed by atoms with van der Waals surface area (Å²) in [6.45, 7) is 8.29. The largest absolute Gasteiger partial charge is 0.379 e. The zero-order valence-electron chi connectivity index (χ0n) is 17.0. The van der Waals surface area contributed by atoms with E-state index in [1.54, 1.807) is 4.90 Å². The number of aryl methyl sites for hydroxylation is 2. The smallest absolute Gasteiger partial charge is 0.261 e. The molecule has 0 atom stereocenters. The van der Waals surface area contributed by atoms with Gasteiger partial charge in [-0.2, -0.15) is 0 Å². The van der Waals surface area contributed by atoms with Gasteiger partial charge in [0.1, 0.15) is 5.82 Å². The number of hydrogen-bond acceptors (Lipinski definition) is 5. The Morgan fingerprint density at radius 3 is 2.77 bits per heavy atom. The fraction of sp³-hybridized carbons (Fsp3) is 0.364. The lowest BCUT2D eigenvalue weighted by Gasteiger charge is -2.29. The Bertz CT molecular complexity index is 1080. The van der Waals surface area contributed by atoms with Gasteiger partial charge in [0.15, 0.2) is 5.13 Å². The van der Waals surface area contributed by atoms with E-state index in [1.165, 1.54) is 29.5 Å². The van der Waals surface area contributed by atoms with Crippen LogP contribution >= 0.6 is 22.9 Å². The number of anilines is 1. The lowest BCUT2D eigenvalue weighted by Crippen LogP contribution is -2.43. The van der Waals surface area contributed by atoms with Gasteiger partial charge >= 0.3 is 0 Å². The molecule has 8 heteroatoms. The molecule has 0 bridgehead atoms. The molecular weight excluding hydrogens is 425 g/mol. The predicted molar refractivity (Wildman–Crippen MR) is 119 cm³/mol. The van der Waals surface area contributed by atoms with E-state index in [1.807, 2.05) is 19.9 Å². The van der Waals surface area contributed by atoms with Crippen LogP contribution in [0.1, 0.15) is 21.5 Å². The number of morpholine rings is 1.